The summed E-state index contributed by atoms with van der Waals surface area (Å²) in [6, 6.07) is -0.769. The van der Waals surface area contributed by atoms with E-state index < -0.39 is 24.0 Å². The van der Waals surface area contributed by atoms with Crippen LogP contribution in [0.2, 0.25) is 0 Å². The first-order valence-corrected chi connectivity index (χ1v) is 9.20. The Bertz CT molecular complexity index is 703. The van der Waals surface area contributed by atoms with Gasteiger partial charge in [0, 0.05) is 24.4 Å². The second kappa shape index (κ2) is 8.75. The van der Waals surface area contributed by atoms with Gasteiger partial charge in [-0.15, -0.1) is 11.3 Å². The van der Waals surface area contributed by atoms with Gasteiger partial charge in [0.1, 0.15) is 0 Å². The van der Waals surface area contributed by atoms with Crippen LogP contribution in [0.25, 0.3) is 0 Å². The molecule has 0 aliphatic carbocycles. The van der Waals surface area contributed by atoms with Crippen molar-refractivity contribution >= 4 is 40.3 Å². The molecule has 1 aliphatic heterocycles. The molecule has 0 aromatic carbocycles. The number of hydrogen-bond donors (Lipinski definition) is 2. The fraction of sp³-hybridized carbons (Fsp3) is 0.562. The Labute approximate surface area is 155 Å². The Balaban J connectivity index is 1.82. The lowest BCUT2D eigenvalue weighted by Crippen LogP contribution is -2.46. The van der Waals surface area contributed by atoms with E-state index in [4.69, 9.17) is 4.74 Å². The number of hydrogen-bond acceptors (Lipinski definition) is 7. The van der Waals surface area contributed by atoms with Crippen molar-refractivity contribution in [2.75, 3.05) is 11.4 Å². The minimum Gasteiger partial charge on any atom is -0.452 e. The zero-order valence-electron chi connectivity index (χ0n) is 14.9. The number of nitrogens with one attached hydrogen (secondary N) is 2. The molecule has 1 aromatic heterocycles. The van der Waals surface area contributed by atoms with Crippen molar-refractivity contribution in [3.05, 3.63) is 11.1 Å². The van der Waals surface area contributed by atoms with Crippen molar-refractivity contribution in [1.82, 2.24) is 15.6 Å². The molecule has 0 saturated carbocycles. The molecule has 0 spiro atoms. The van der Waals surface area contributed by atoms with Crippen LogP contribution in [0.1, 0.15) is 39.3 Å². The summed E-state index contributed by atoms with van der Waals surface area (Å²) in [7, 11) is 0. The smallest absolute Gasteiger partial charge is 0.321 e. The standard InChI is InChI=1S/C16H22N4O5S/c1-9(2)17-15(24)19-14(23)10(3)25-13(22)7-11-8-26-16(18-11)20-6-4-5-12(20)21/h8-10H,4-7H2,1-3H3,(H2,17,19,23,24)/t10-/m1/s1. The van der Waals surface area contributed by atoms with Gasteiger partial charge in [-0.3, -0.25) is 24.6 Å². The maximum absolute atomic E-state index is 12.0. The van der Waals surface area contributed by atoms with Gasteiger partial charge in [0.25, 0.3) is 5.91 Å². The topological polar surface area (TPSA) is 118 Å². The van der Waals surface area contributed by atoms with Crippen molar-refractivity contribution in [3.63, 3.8) is 0 Å². The number of rotatable bonds is 6. The molecule has 142 valence electrons. The van der Waals surface area contributed by atoms with Gasteiger partial charge in [-0.2, -0.15) is 0 Å². The molecule has 0 unspecified atom stereocenters. The number of thiazole rings is 1. The number of amides is 4. The van der Waals surface area contributed by atoms with E-state index in [9.17, 15) is 19.2 Å². The predicted octanol–water partition coefficient (Wildman–Crippen LogP) is 0.978. The molecule has 4 amide bonds. The van der Waals surface area contributed by atoms with Gasteiger partial charge in [0.15, 0.2) is 11.2 Å². The highest BCUT2D eigenvalue weighted by Crippen LogP contribution is 2.25. The Morgan fingerprint density at radius 3 is 2.69 bits per heavy atom. The lowest BCUT2D eigenvalue weighted by atomic mass is 10.3. The number of aromatic nitrogens is 1. The van der Waals surface area contributed by atoms with Gasteiger partial charge in [0.2, 0.25) is 5.91 Å². The van der Waals surface area contributed by atoms with E-state index in [2.05, 4.69) is 15.6 Å². The minimum atomic E-state index is -1.11. The average Bonchev–Trinajstić information content (AvgIpc) is 3.14. The fourth-order valence-corrected chi connectivity index (χ4v) is 3.17. The van der Waals surface area contributed by atoms with Gasteiger partial charge in [-0.05, 0) is 27.2 Å². The summed E-state index contributed by atoms with van der Waals surface area (Å²) in [6.45, 7) is 5.52. The van der Waals surface area contributed by atoms with E-state index in [1.165, 1.54) is 18.3 Å². The maximum Gasteiger partial charge on any atom is 0.321 e. The van der Waals surface area contributed by atoms with E-state index in [1.54, 1.807) is 24.1 Å². The van der Waals surface area contributed by atoms with Crippen LogP contribution >= 0.6 is 11.3 Å². The summed E-state index contributed by atoms with van der Waals surface area (Å²) in [5.74, 6) is -1.32. The molecule has 10 heteroatoms. The van der Waals surface area contributed by atoms with Crippen molar-refractivity contribution in [2.45, 2.75) is 52.2 Å². The number of ether oxygens (including phenoxy) is 1. The number of urea groups is 1. The highest BCUT2D eigenvalue weighted by Gasteiger charge is 2.25. The van der Waals surface area contributed by atoms with Crippen LogP contribution in [-0.2, 0) is 25.5 Å². The zero-order chi connectivity index (χ0) is 19.3. The largest absolute Gasteiger partial charge is 0.452 e. The van der Waals surface area contributed by atoms with Gasteiger partial charge >= 0.3 is 12.0 Å². The van der Waals surface area contributed by atoms with Crippen molar-refractivity contribution < 1.29 is 23.9 Å². The van der Waals surface area contributed by atoms with E-state index in [0.717, 1.165) is 6.42 Å². The zero-order valence-corrected chi connectivity index (χ0v) is 15.7. The van der Waals surface area contributed by atoms with Crippen LogP contribution in [0.5, 0.6) is 0 Å². The molecular formula is C16H22N4O5S. The molecule has 0 radical (unpaired) electrons. The van der Waals surface area contributed by atoms with E-state index >= 15 is 0 Å². The third-order valence-corrected chi connectivity index (χ3v) is 4.42. The molecule has 2 heterocycles. The monoisotopic (exact) mass is 382 g/mol. The normalized spacial score (nSPS) is 15.1. The third-order valence-electron chi connectivity index (χ3n) is 3.50. The van der Waals surface area contributed by atoms with E-state index in [-0.39, 0.29) is 18.4 Å². The molecule has 1 aliphatic rings. The first-order valence-electron chi connectivity index (χ1n) is 8.32. The predicted molar refractivity (Wildman–Crippen MR) is 94.8 cm³/mol. The van der Waals surface area contributed by atoms with Gasteiger partial charge in [-0.1, -0.05) is 0 Å². The molecule has 1 saturated heterocycles. The van der Waals surface area contributed by atoms with Crippen molar-refractivity contribution in [3.8, 4) is 0 Å². The highest BCUT2D eigenvalue weighted by atomic mass is 32.1. The van der Waals surface area contributed by atoms with Crippen LogP contribution < -0.4 is 15.5 Å². The first kappa shape index (κ1) is 19.8. The molecule has 2 N–H and O–H groups in total. The summed E-state index contributed by atoms with van der Waals surface area (Å²) < 4.78 is 5.03. The Morgan fingerprint density at radius 1 is 1.35 bits per heavy atom. The van der Waals surface area contributed by atoms with Crippen LogP contribution in [-0.4, -0.2) is 47.5 Å². The summed E-state index contributed by atoms with van der Waals surface area (Å²) in [6.07, 6.45) is 0.0773. The van der Waals surface area contributed by atoms with Crippen LogP contribution in [0.15, 0.2) is 5.38 Å². The van der Waals surface area contributed by atoms with Gasteiger partial charge < -0.3 is 10.1 Å². The minimum absolute atomic E-state index is 0.0263. The van der Waals surface area contributed by atoms with Crippen LogP contribution in [0, 0.1) is 0 Å². The molecule has 2 rings (SSSR count). The Hall–Kier alpha value is -2.49. The molecule has 9 nitrogen and oxygen atoms in total. The number of esters is 1. The molecule has 0 bridgehead atoms. The Kier molecular flexibility index (Phi) is 6.67. The summed E-state index contributed by atoms with van der Waals surface area (Å²) in [4.78, 5) is 52.9. The van der Waals surface area contributed by atoms with Gasteiger partial charge in [0.05, 0.1) is 12.1 Å². The maximum atomic E-state index is 12.0. The lowest BCUT2D eigenvalue weighted by molar-refractivity contribution is -0.153. The number of nitrogens with zero attached hydrogens (tertiary/aromatic N) is 2. The summed E-state index contributed by atoms with van der Waals surface area (Å²) in [5, 5.41) is 6.85. The number of carbonyl (C=O) groups excluding carboxylic acids is 4. The molecule has 1 aromatic rings. The average molecular weight is 382 g/mol. The van der Waals surface area contributed by atoms with E-state index in [1.807, 2.05) is 0 Å². The SMILES string of the molecule is CC(C)NC(=O)NC(=O)[C@@H](C)OC(=O)Cc1csc(N2CCCC2=O)n1. The second-order valence-corrected chi connectivity index (χ2v) is 7.03. The van der Waals surface area contributed by atoms with Gasteiger partial charge in [-0.25, -0.2) is 9.78 Å². The third kappa shape index (κ3) is 5.51. The van der Waals surface area contributed by atoms with Crippen LogP contribution in [0.4, 0.5) is 9.93 Å². The summed E-state index contributed by atoms with van der Waals surface area (Å²) in [5.41, 5.74) is 0.472. The fourth-order valence-electron chi connectivity index (χ4n) is 2.30. The van der Waals surface area contributed by atoms with Crippen molar-refractivity contribution in [1.29, 1.82) is 0 Å². The number of carbonyl (C=O) groups is 4. The van der Waals surface area contributed by atoms with E-state index in [0.29, 0.717) is 23.8 Å². The summed E-state index contributed by atoms with van der Waals surface area (Å²) >= 11 is 1.29. The highest BCUT2D eigenvalue weighted by molar-refractivity contribution is 7.14. The molecule has 1 atom stereocenters. The molecule has 26 heavy (non-hydrogen) atoms. The Morgan fingerprint density at radius 2 is 2.08 bits per heavy atom. The number of anilines is 1. The quantitative estimate of drug-likeness (QED) is 0.708. The number of imide groups is 1. The lowest BCUT2D eigenvalue weighted by Gasteiger charge is -2.14. The molecule has 1 fully saturated rings. The van der Waals surface area contributed by atoms with Crippen LogP contribution in [0.3, 0.4) is 0 Å². The first-order chi connectivity index (χ1) is 12.3. The van der Waals surface area contributed by atoms with Crippen molar-refractivity contribution in [2.24, 2.45) is 0 Å². The molecular weight excluding hydrogens is 360 g/mol. The second-order valence-electron chi connectivity index (χ2n) is 6.20.